The summed E-state index contributed by atoms with van der Waals surface area (Å²) < 4.78 is 5.70. The first kappa shape index (κ1) is 12.4. The quantitative estimate of drug-likeness (QED) is 0.798. The molecule has 2 heterocycles. The van der Waals surface area contributed by atoms with Crippen LogP contribution in [-0.4, -0.2) is 10.9 Å². The average molecular weight is 283 g/mol. The van der Waals surface area contributed by atoms with Gasteiger partial charge < -0.3 is 9.73 Å². The Kier molecular flexibility index (Phi) is 3.19. The molecule has 1 amide bonds. The number of rotatable bonds is 3. The predicted octanol–water partition coefficient (Wildman–Crippen LogP) is 3.41. The van der Waals surface area contributed by atoms with Gasteiger partial charge in [0.15, 0.2) is 10.9 Å². The average Bonchev–Trinajstić information content (AvgIpc) is 3.04. The number of aromatic nitrogens is 1. The normalized spacial score (nSPS) is 10.3. The molecule has 0 fully saturated rings. The van der Waals surface area contributed by atoms with Crippen molar-refractivity contribution < 1.29 is 9.21 Å². The number of nitriles is 1. The summed E-state index contributed by atoms with van der Waals surface area (Å²) in [6, 6.07) is 11.4. The number of amides is 1. The molecule has 5 nitrogen and oxygen atoms in total. The summed E-state index contributed by atoms with van der Waals surface area (Å²) >= 11 is 1.30. The first-order valence-electron chi connectivity index (χ1n) is 5.87. The minimum atomic E-state index is -0.363. The fourth-order valence-electron chi connectivity index (χ4n) is 1.79. The molecule has 1 aromatic carbocycles. The third-order valence-electron chi connectivity index (χ3n) is 2.67. The molecule has 0 aliphatic heterocycles. The molecule has 0 saturated carbocycles. The highest BCUT2D eigenvalue weighted by atomic mass is 32.1. The molecule has 0 saturated heterocycles. The summed E-state index contributed by atoms with van der Waals surface area (Å²) in [5.74, 6) is 0.293. The van der Waals surface area contributed by atoms with E-state index in [1.54, 1.807) is 11.4 Å². The van der Waals surface area contributed by atoms with Gasteiger partial charge in [0.2, 0.25) is 5.91 Å². The van der Waals surface area contributed by atoms with Crippen LogP contribution >= 0.6 is 11.3 Å². The van der Waals surface area contributed by atoms with E-state index in [0.29, 0.717) is 16.6 Å². The summed E-state index contributed by atoms with van der Waals surface area (Å²) in [6.07, 6.45) is -0.181. The molecule has 3 rings (SSSR count). The highest BCUT2D eigenvalue weighted by molar-refractivity contribution is 7.14. The lowest BCUT2D eigenvalue weighted by molar-refractivity contribution is -0.115. The standard InChI is InChI=1S/C14H9N3O2S/c15-6-5-13(18)17-14-16-10(8-20-14)12-7-9-3-1-2-4-11(9)19-12/h1-4,7-8H,5H2,(H,16,17,18). The molecule has 3 aromatic rings. The summed E-state index contributed by atoms with van der Waals surface area (Å²) in [6.45, 7) is 0. The van der Waals surface area contributed by atoms with Crippen molar-refractivity contribution in [2.24, 2.45) is 0 Å². The Bertz CT molecular complexity index is 780. The maximum atomic E-state index is 11.3. The first-order chi connectivity index (χ1) is 9.76. The van der Waals surface area contributed by atoms with Crippen molar-refractivity contribution in [3.8, 4) is 17.5 Å². The van der Waals surface area contributed by atoms with Crippen LogP contribution in [0.5, 0.6) is 0 Å². The second kappa shape index (κ2) is 5.15. The number of nitrogens with zero attached hydrogens (tertiary/aromatic N) is 2. The maximum absolute atomic E-state index is 11.3. The second-order valence-corrected chi connectivity index (χ2v) is 4.93. The van der Waals surface area contributed by atoms with E-state index in [9.17, 15) is 4.79 Å². The van der Waals surface area contributed by atoms with Crippen molar-refractivity contribution >= 4 is 33.3 Å². The Balaban J connectivity index is 1.86. The van der Waals surface area contributed by atoms with Crippen LogP contribution < -0.4 is 5.32 Å². The van der Waals surface area contributed by atoms with Gasteiger partial charge in [-0.15, -0.1) is 11.3 Å². The van der Waals surface area contributed by atoms with Gasteiger partial charge in [-0.3, -0.25) is 4.79 Å². The van der Waals surface area contributed by atoms with Gasteiger partial charge in [-0.1, -0.05) is 18.2 Å². The van der Waals surface area contributed by atoms with E-state index >= 15 is 0 Å². The summed E-state index contributed by atoms with van der Waals surface area (Å²) in [5.41, 5.74) is 1.46. The largest absolute Gasteiger partial charge is 0.454 e. The van der Waals surface area contributed by atoms with E-state index in [2.05, 4.69) is 10.3 Å². The number of hydrogen-bond acceptors (Lipinski definition) is 5. The molecule has 2 aromatic heterocycles. The van der Waals surface area contributed by atoms with Crippen molar-refractivity contribution in [2.45, 2.75) is 6.42 Å². The third kappa shape index (κ3) is 2.39. The van der Waals surface area contributed by atoms with Gasteiger partial charge in [-0.05, 0) is 12.1 Å². The molecule has 0 spiro atoms. The van der Waals surface area contributed by atoms with Gasteiger partial charge in [0.05, 0.1) is 6.07 Å². The van der Waals surface area contributed by atoms with Crippen LogP contribution in [0.1, 0.15) is 6.42 Å². The van der Waals surface area contributed by atoms with E-state index in [0.717, 1.165) is 11.0 Å². The van der Waals surface area contributed by atoms with Crippen molar-refractivity contribution in [3.63, 3.8) is 0 Å². The van der Waals surface area contributed by atoms with Crippen LogP contribution in [0.4, 0.5) is 5.13 Å². The number of hydrogen-bond donors (Lipinski definition) is 1. The molecule has 0 atom stereocenters. The number of carbonyl (C=O) groups is 1. The van der Waals surface area contributed by atoms with Gasteiger partial charge in [0.1, 0.15) is 17.7 Å². The van der Waals surface area contributed by atoms with E-state index in [1.165, 1.54) is 11.3 Å². The third-order valence-corrected chi connectivity index (χ3v) is 3.43. The molecular weight excluding hydrogens is 274 g/mol. The number of fused-ring (bicyclic) bond motifs is 1. The Morgan fingerprint density at radius 1 is 1.45 bits per heavy atom. The number of carbonyl (C=O) groups excluding carboxylic acids is 1. The molecule has 1 N–H and O–H groups in total. The minimum absolute atomic E-state index is 0.181. The molecule has 0 aliphatic rings. The van der Waals surface area contributed by atoms with Crippen molar-refractivity contribution in [1.82, 2.24) is 4.98 Å². The number of furan rings is 1. The van der Waals surface area contributed by atoms with E-state index < -0.39 is 0 Å². The number of para-hydroxylation sites is 1. The smallest absolute Gasteiger partial charge is 0.240 e. The zero-order chi connectivity index (χ0) is 13.9. The van der Waals surface area contributed by atoms with Gasteiger partial charge in [0, 0.05) is 10.8 Å². The van der Waals surface area contributed by atoms with Crippen LogP contribution in [0.25, 0.3) is 22.4 Å². The lowest BCUT2D eigenvalue weighted by atomic mass is 10.2. The van der Waals surface area contributed by atoms with Gasteiger partial charge in [-0.2, -0.15) is 5.26 Å². The molecule has 98 valence electrons. The molecule has 6 heteroatoms. The molecular formula is C14H9N3O2S. The van der Waals surface area contributed by atoms with E-state index in [4.69, 9.17) is 9.68 Å². The van der Waals surface area contributed by atoms with Crippen LogP contribution in [0, 0.1) is 11.3 Å². The van der Waals surface area contributed by atoms with Crippen LogP contribution in [0.3, 0.4) is 0 Å². The number of thiazole rings is 1. The van der Waals surface area contributed by atoms with Gasteiger partial charge in [-0.25, -0.2) is 4.98 Å². The highest BCUT2D eigenvalue weighted by Crippen LogP contribution is 2.30. The lowest BCUT2D eigenvalue weighted by Gasteiger charge is -1.95. The van der Waals surface area contributed by atoms with Crippen molar-refractivity contribution in [1.29, 1.82) is 5.26 Å². The van der Waals surface area contributed by atoms with Gasteiger partial charge >= 0.3 is 0 Å². The predicted molar refractivity (Wildman–Crippen MR) is 76.2 cm³/mol. The Hall–Kier alpha value is -2.65. The Morgan fingerprint density at radius 3 is 3.10 bits per heavy atom. The van der Waals surface area contributed by atoms with E-state index in [-0.39, 0.29) is 12.3 Å². The Labute approximate surface area is 118 Å². The van der Waals surface area contributed by atoms with Crippen molar-refractivity contribution in [2.75, 3.05) is 5.32 Å². The summed E-state index contributed by atoms with van der Waals surface area (Å²) in [5, 5.41) is 14.3. The topological polar surface area (TPSA) is 78.9 Å². The molecule has 0 bridgehead atoms. The minimum Gasteiger partial charge on any atom is -0.454 e. The fourth-order valence-corrected chi connectivity index (χ4v) is 2.50. The molecule has 0 aliphatic carbocycles. The summed E-state index contributed by atoms with van der Waals surface area (Å²) in [7, 11) is 0. The van der Waals surface area contributed by atoms with Crippen LogP contribution in [0.2, 0.25) is 0 Å². The highest BCUT2D eigenvalue weighted by Gasteiger charge is 2.11. The fraction of sp³-hybridized carbons (Fsp3) is 0.0714. The van der Waals surface area contributed by atoms with Crippen molar-refractivity contribution in [3.05, 3.63) is 35.7 Å². The maximum Gasteiger partial charge on any atom is 0.240 e. The number of nitrogens with one attached hydrogen (secondary N) is 1. The van der Waals surface area contributed by atoms with Gasteiger partial charge in [0.25, 0.3) is 0 Å². The monoisotopic (exact) mass is 283 g/mol. The van der Waals surface area contributed by atoms with Crippen LogP contribution in [-0.2, 0) is 4.79 Å². The zero-order valence-corrected chi connectivity index (χ0v) is 11.1. The second-order valence-electron chi connectivity index (χ2n) is 4.07. The Morgan fingerprint density at radius 2 is 2.30 bits per heavy atom. The number of anilines is 1. The molecule has 20 heavy (non-hydrogen) atoms. The molecule has 0 unspecified atom stereocenters. The van der Waals surface area contributed by atoms with E-state index in [1.807, 2.05) is 30.3 Å². The lowest BCUT2D eigenvalue weighted by Crippen LogP contribution is -2.09. The zero-order valence-electron chi connectivity index (χ0n) is 10.3. The summed E-state index contributed by atoms with van der Waals surface area (Å²) in [4.78, 5) is 15.6. The van der Waals surface area contributed by atoms with Crippen LogP contribution in [0.15, 0.2) is 40.1 Å². The number of benzene rings is 1. The SMILES string of the molecule is N#CCC(=O)Nc1nc(-c2cc3ccccc3o2)cs1. The molecule has 0 radical (unpaired) electrons. The first-order valence-corrected chi connectivity index (χ1v) is 6.75.